The van der Waals surface area contributed by atoms with Crippen molar-refractivity contribution in [3.63, 3.8) is 0 Å². The maximum Gasteiger partial charge on any atom is 0.213 e. The molecule has 0 radical (unpaired) electrons. The summed E-state index contributed by atoms with van der Waals surface area (Å²) < 4.78 is 27.9. The molecular weight excluding hydrogens is 288 g/mol. The van der Waals surface area contributed by atoms with E-state index in [1.165, 1.54) is 0 Å². The SMILES string of the molecule is CCC1(C)CC(Nc2ccc(CS(N)(=O)=O)cc2)CCO1. The quantitative estimate of drug-likeness (QED) is 0.873. The lowest BCUT2D eigenvalue weighted by molar-refractivity contribution is -0.0708. The summed E-state index contributed by atoms with van der Waals surface area (Å²) in [5.74, 6) is -0.127. The molecule has 1 heterocycles. The molecule has 1 saturated heterocycles. The van der Waals surface area contributed by atoms with Gasteiger partial charge in [0.15, 0.2) is 0 Å². The molecule has 2 unspecified atom stereocenters. The zero-order chi connectivity index (χ0) is 15.5. The highest BCUT2D eigenvalue weighted by Crippen LogP contribution is 2.29. The monoisotopic (exact) mass is 312 g/mol. The Morgan fingerprint density at radius 3 is 2.62 bits per heavy atom. The smallest absolute Gasteiger partial charge is 0.213 e. The Bertz CT molecular complexity index is 571. The second-order valence-electron chi connectivity index (χ2n) is 5.99. The van der Waals surface area contributed by atoms with Crippen LogP contribution in [0.5, 0.6) is 0 Å². The Hall–Kier alpha value is -1.11. The number of sulfonamides is 1. The lowest BCUT2D eigenvalue weighted by Crippen LogP contribution is -2.41. The van der Waals surface area contributed by atoms with Gasteiger partial charge in [-0.15, -0.1) is 0 Å². The molecular formula is C15H24N2O3S. The first-order chi connectivity index (χ1) is 9.80. The van der Waals surface area contributed by atoms with Crippen LogP contribution in [0, 0.1) is 0 Å². The van der Waals surface area contributed by atoms with Crippen LogP contribution in [0.25, 0.3) is 0 Å². The van der Waals surface area contributed by atoms with Crippen LogP contribution >= 0.6 is 0 Å². The van der Waals surface area contributed by atoms with Crippen molar-refractivity contribution in [1.29, 1.82) is 0 Å². The fourth-order valence-electron chi connectivity index (χ4n) is 2.66. The largest absolute Gasteiger partial charge is 0.382 e. The van der Waals surface area contributed by atoms with E-state index in [2.05, 4.69) is 19.2 Å². The third-order valence-electron chi connectivity index (χ3n) is 4.04. The highest BCUT2D eigenvalue weighted by atomic mass is 32.2. The highest BCUT2D eigenvalue weighted by molar-refractivity contribution is 7.88. The molecule has 0 saturated carbocycles. The molecule has 2 atom stereocenters. The Kier molecular flexibility index (Phi) is 4.91. The predicted molar refractivity (Wildman–Crippen MR) is 84.5 cm³/mol. The fraction of sp³-hybridized carbons (Fsp3) is 0.600. The maximum absolute atomic E-state index is 11.1. The normalized spacial score (nSPS) is 26.5. The molecule has 3 N–H and O–H groups in total. The highest BCUT2D eigenvalue weighted by Gasteiger charge is 2.31. The first kappa shape index (κ1) is 16.3. The van der Waals surface area contributed by atoms with Gasteiger partial charge in [-0.3, -0.25) is 0 Å². The number of benzene rings is 1. The summed E-state index contributed by atoms with van der Waals surface area (Å²) in [6, 6.07) is 7.78. The van der Waals surface area contributed by atoms with Crippen LogP contribution in [-0.2, 0) is 20.5 Å². The van der Waals surface area contributed by atoms with Gasteiger partial charge < -0.3 is 10.1 Å². The molecule has 0 spiro atoms. The van der Waals surface area contributed by atoms with Crippen LogP contribution in [0.2, 0.25) is 0 Å². The van der Waals surface area contributed by atoms with Gasteiger partial charge in [0.05, 0.1) is 11.4 Å². The van der Waals surface area contributed by atoms with E-state index in [9.17, 15) is 8.42 Å². The van der Waals surface area contributed by atoms with E-state index < -0.39 is 10.0 Å². The van der Waals surface area contributed by atoms with Crippen LogP contribution in [0.1, 0.15) is 38.7 Å². The maximum atomic E-state index is 11.1. The van der Waals surface area contributed by atoms with Crippen molar-refractivity contribution in [1.82, 2.24) is 0 Å². The van der Waals surface area contributed by atoms with E-state index >= 15 is 0 Å². The van der Waals surface area contributed by atoms with Crippen LogP contribution in [0.4, 0.5) is 5.69 Å². The third kappa shape index (κ3) is 4.98. The molecule has 5 nitrogen and oxygen atoms in total. The van der Waals surface area contributed by atoms with E-state index in [4.69, 9.17) is 9.88 Å². The molecule has 1 fully saturated rings. The lowest BCUT2D eigenvalue weighted by atomic mass is 9.90. The van der Waals surface area contributed by atoms with E-state index in [-0.39, 0.29) is 11.4 Å². The molecule has 1 aliphatic heterocycles. The van der Waals surface area contributed by atoms with Crippen LogP contribution in [-0.4, -0.2) is 26.7 Å². The summed E-state index contributed by atoms with van der Waals surface area (Å²) in [5, 5.41) is 8.54. The molecule has 21 heavy (non-hydrogen) atoms. The standard InChI is InChI=1S/C15H24N2O3S/c1-3-15(2)10-14(8-9-20-15)17-13-6-4-12(5-7-13)11-21(16,18)19/h4-7,14,17H,3,8-11H2,1-2H3,(H2,16,18,19). The summed E-state index contributed by atoms with van der Waals surface area (Å²) in [6.45, 7) is 5.06. The van der Waals surface area contributed by atoms with Crippen molar-refractivity contribution < 1.29 is 13.2 Å². The summed E-state index contributed by atoms with van der Waals surface area (Å²) in [4.78, 5) is 0. The van der Waals surface area contributed by atoms with Crippen molar-refractivity contribution in [3.8, 4) is 0 Å². The Morgan fingerprint density at radius 2 is 2.05 bits per heavy atom. The molecule has 1 aliphatic rings. The second-order valence-corrected chi connectivity index (χ2v) is 7.60. The number of hydrogen-bond donors (Lipinski definition) is 2. The number of nitrogens with two attached hydrogens (primary N) is 1. The predicted octanol–water partition coefficient (Wildman–Crippen LogP) is 2.23. The second kappa shape index (κ2) is 6.34. The molecule has 0 bridgehead atoms. The molecule has 0 aromatic heterocycles. The Balaban J connectivity index is 1.97. The van der Waals surface area contributed by atoms with Gasteiger partial charge in [0.1, 0.15) is 0 Å². The number of anilines is 1. The van der Waals surface area contributed by atoms with Gasteiger partial charge in [-0.05, 0) is 43.9 Å². The van der Waals surface area contributed by atoms with Crippen molar-refractivity contribution in [2.45, 2.75) is 50.5 Å². The van der Waals surface area contributed by atoms with E-state index in [1.807, 2.05) is 12.1 Å². The lowest BCUT2D eigenvalue weighted by Gasteiger charge is -2.38. The first-order valence-electron chi connectivity index (χ1n) is 7.29. The summed E-state index contributed by atoms with van der Waals surface area (Å²) in [5.41, 5.74) is 1.65. The molecule has 2 rings (SSSR count). The summed E-state index contributed by atoms with van der Waals surface area (Å²) >= 11 is 0. The average molecular weight is 312 g/mol. The minimum atomic E-state index is -3.47. The fourth-order valence-corrected chi connectivity index (χ4v) is 3.32. The van der Waals surface area contributed by atoms with Gasteiger partial charge in [-0.1, -0.05) is 19.1 Å². The van der Waals surface area contributed by atoms with E-state index in [1.54, 1.807) is 12.1 Å². The Labute approximate surface area is 126 Å². The number of ether oxygens (including phenoxy) is 1. The average Bonchev–Trinajstić information content (AvgIpc) is 2.40. The molecule has 118 valence electrons. The topological polar surface area (TPSA) is 81.4 Å². The van der Waals surface area contributed by atoms with Crippen molar-refractivity contribution in [2.24, 2.45) is 5.14 Å². The van der Waals surface area contributed by atoms with Crippen molar-refractivity contribution in [2.75, 3.05) is 11.9 Å². The minimum absolute atomic E-state index is 0.0521. The van der Waals surface area contributed by atoms with Crippen molar-refractivity contribution >= 4 is 15.7 Å². The van der Waals surface area contributed by atoms with Gasteiger partial charge in [-0.25, -0.2) is 13.6 Å². The van der Waals surface area contributed by atoms with Gasteiger partial charge in [0, 0.05) is 18.3 Å². The van der Waals surface area contributed by atoms with Crippen molar-refractivity contribution in [3.05, 3.63) is 29.8 Å². The number of primary sulfonamides is 1. The number of nitrogens with one attached hydrogen (secondary N) is 1. The zero-order valence-electron chi connectivity index (χ0n) is 12.6. The van der Waals surface area contributed by atoms with Gasteiger partial charge in [0.2, 0.25) is 10.0 Å². The molecule has 6 heteroatoms. The van der Waals surface area contributed by atoms with Crippen LogP contribution in [0.3, 0.4) is 0 Å². The molecule has 1 aromatic rings. The minimum Gasteiger partial charge on any atom is -0.382 e. The summed E-state index contributed by atoms with van der Waals surface area (Å²) in [7, 11) is -3.47. The van der Waals surface area contributed by atoms with Crippen LogP contribution < -0.4 is 10.5 Å². The van der Waals surface area contributed by atoms with Gasteiger partial charge in [0.25, 0.3) is 0 Å². The molecule has 1 aromatic carbocycles. The third-order valence-corrected chi connectivity index (χ3v) is 4.77. The van der Waals surface area contributed by atoms with Crippen LogP contribution in [0.15, 0.2) is 24.3 Å². The molecule has 0 aliphatic carbocycles. The Morgan fingerprint density at radius 1 is 1.38 bits per heavy atom. The molecule has 0 amide bonds. The first-order valence-corrected chi connectivity index (χ1v) is 9.01. The van der Waals surface area contributed by atoms with Gasteiger partial charge in [-0.2, -0.15) is 0 Å². The number of rotatable bonds is 5. The summed E-state index contributed by atoms with van der Waals surface area (Å²) in [6.07, 6.45) is 2.95. The van der Waals surface area contributed by atoms with E-state index in [0.717, 1.165) is 31.6 Å². The van der Waals surface area contributed by atoms with E-state index in [0.29, 0.717) is 11.6 Å². The van der Waals surface area contributed by atoms with Gasteiger partial charge >= 0.3 is 0 Å². The zero-order valence-corrected chi connectivity index (χ0v) is 13.4. The number of hydrogen-bond acceptors (Lipinski definition) is 4.